The van der Waals surface area contributed by atoms with Gasteiger partial charge in [0.1, 0.15) is 5.65 Å². The summed E-state index contributed by atoms with van der Waals surface area (Å²) in [6.45, 7) is 4.24. The van der Waals surface area contributed by atoms with Gasteiger partial charge in [0.15, 0.2) is 0 Å². The number of para-hydroxylation sites is 1. The summed E-state index contributed by atoms with van der Waals surface area (Å²) >= 11 is 0. The van der Waals surface area contributed by atoms with E-state index in [-0.39, 0.29) is 17.4 Å². The summed E-state index contributed by atoms with van der Waals surface area (Å²) in [6, 6.07) is 15.0. The van der Waals surface area contributed by atoms with Crippen LogP contribution < -0.4 is 10.9 Å². The molecule has 0 spiro atoms. The number of carbonyl (C=O) groups is 1. The second-order valence-corrected chi connectivity index (χ2v) is 7.38. The molecule has 144 valence electrons. The van der Waals surface area contributed by atoms with Crippen molar-refractivity contribution in [1.82, 2.24) is 14.3 Å². The topological polar surface area (TPSA) is 66.7 Å². The lowest BCUT2D eigenvalue weighted by atomic mass is 9.95. The van der Waals surface area contributed by atoms with Gasteiger partial charge in [0.25, 0.3) is 5.56 Å². The van der Waals surface area contributed by atoms with Gasteiger partial charge < -0.3 is 5.32 Å². The molecule has 0 radical (unpaired) electrons. The van der Waals surface area contributed by atoms with Gasteiger partial charge in [0.2, 0.25) is 5.91 Å². The number of fused-ring (bicyclic) bond motifs is 1. The van der Waals surface area contributed by atoms with Crippen LogP contribution in [-0.4, -0.2) is 33.3 Å². The van der Waals surface area contributed by atoms with Crippen molar-refractivity contribution in [3.8, 4) is 0 Å². The van der Waals surface area contributed by atoms with Gasteiger partial charge in [0, 0.05) is 30.4 Å². The molecule has 0 bridgehead atoms. The molecule has 1 aromatic carbocycles. The van der Waals surface area contributed by atoms with Gasteiger partial charge in [-0.3, -0.25) is 18.9 Å². The molecule has 28 heavy (non-hydrogen) atoms. The highest BCUT2D eigenvalue weighted by Crippen LogP contribution is 2.20. The molecule has 0 unspecified atom stereocenters. The lowest BCUT2D eigenvalue weighted by molar-refractivity contribution is -0.121. The normalized spacial score (nSPS) is 15.6. The number of amides is 1. The molecule has 1 saturated heterocycles. The van der Waals surface area contributed by atoms with Gasteiger partial charge >= 0.3 is 0 Å². The zero-order valence-corrected chi connectivity index (χ0v) is 16.0. The van der Waals surface area contributed by atoms with Crippen LogP contribution in [0, 0.1) is 12.8 Å². The number of rotatable bonds is 4. The van der Waals surface area contributed by atoms with Crippen LogP contribution in [0.1, 0.15) is 24.1 Å². The average molecular weight is 376 g/mol. The number of likely N-dealkylation sites (tertiary alicyclic amines) is 1. The smallest absolute Gasteiger partial charge is 0.258 e. The molecule has 6 nitrogen and oxygen atoms in total. The average Bonchev–Trinajstić information content (AvgIpc) is 2.70. The van der Waals surface area contributed by atoms with Crippen LogP contribution >= 0.6 is 0 Å². The molecule has 1 amide bonds. The Labute approximate surface area is 163 Å². The Hall–Kier alpha value is -2.99. The third-order valence-electron chi connectivity index (χ3n) is 5.32. The molecule has 1 N–H and O–H groups in total. The number of carbonyl (C=O) groups excluding carboxylic acids is 1. The van der Waals surface area contributed by atoms with Crippen LogP contribution in [0.3, 0.4) is 0 Å². The quantitative estimate of drug-likeness (QED) is 0.760. The second kappa shape index (κ2) is 7.94. The Morgan fingerprint density at radius 2 is 1.89 bits per heavy atom. The summed E-state index contributed by atoms with van der Waals surface area (Å²) in [4.78, 5) is 31.8. The monoisotopic (exact) mass is 376 g/mol. The fraction of sp³-hybridized carbons (Fsp3) is 0.318. The summed E-state index contributed by atoms with van der Waals surface area (Å²) in [5.74, 6) is 0.109. The molecular formula is C22H24N4O2. The van der Waals surface area contributed by atoms with Gasteiger partial charge in [-0.05, 0) is 56.6 Å². The number of pyridine rings is 1. The molecule has 0 atom stereocenters. The predicted octanol–water partition coefficient (Wildman–Crippen LogP) is 2.85. The first-order valence-electron chi connectivity index (χ1n) is 9.66. The van der Waals surface area contributed by atoms with Crippen LogP contribution in [0.25, 0.3) is 5.65 Å². The third kappa shape index (κ3) is 3.97. The van der Waals surface area contributed by atoms with E-state index in [2.05, 4.69) is 15.2 Å². The third-order valence-corrected chi connectivity index (χ3v) is 5.32. The van der Waals surface area contributed by atoms with Crippen molar-refractivity contribution < 1.29 is 4.79 Å². The first kappa shape index (κ1) is 18.4. The summed E-state index contributed by atoms with van der Waals surface area (Å²) in [5.41, 5.74) is 3.26. The van der Waals surface area contributed by atoms with Crippen LogP contribution in [0.15, 0.2) is 59.5 Å². The summed E-state index contributed by atoms with van der Waals surface area (Å²) in [5, 5.41) is 3.00. The van der Waals surface area contributed by atoms with Crippen LogP contribution in [0.5, 0.6) is 0 Å². The second-order valence-electron chi connectivity index (χ2n) is 7.38. The van der Waals surface area contributed by atoms with Gasteiger partial charge in [-0.2, -0.15) is 0 Å². The van der Waals surface area contributed by atoms with E-state index >= 15 is 0 Å². The van der Waals surface area contributed by atoms with Crippen LogP contribution in [0.4, 0.5) is 5.69 Å². The number of aryl methyl sites for hydroxylation is 1. The minimum Gasteiger partial charge on any atom is -0.326 e. The Morgan fingerprint density at radius 3 is 2.64 bits per heavy atom. The van der Waals surface area contributed by atoms with Gasteiger partial charge in [-0.15, -0.1) is 0 Å². The minimum absolute atomic E-state index is 0.0221. The molecule has 0 aliphatic carbocycles. The molecule has 1 aliphatic heterocycles. The highest BCUT2D eigenvalue weighted by Gasteiger charge is 2.25. The molecule has 4 rings (SSSR count). The number of hydrogen-bond acceptors (Lipinski definition) is 4. The number of benzene rings is 1. The van der Waals surface area contributed by atoms with Crippen LogP contribution in [-0.2, 0) is 11.3 Å². The van der Waals surface area contributed by atoms with Crippen molar-refractivity contribution in [1.29, 1.82) is 0 Å². The zero-order chi connectivity index (χ0) is 19.5. The molecule has 3 aromatic rings. The molecular weight excluding hydrogens is 352 g/mol. The van der Waals surface area contributed by atoms with Crippen molar-refractivity contribution in [2.75, 3.05) is 18.4 Å². The molecule has 3 heterocycles. The fourth-order valence-corrected chi connectivity index (χ4v) is 3.74. The fourth-order valence-electron chi connectivity index (χ4n) is 3.74. The largest absolute Gasteiger partial charge is 0.326 e. The number of anilines is 1. The molecule has 0 saturated carbocycles. The van der Waals surface area contributed by atoms with Crippen molar-refractivity contribution in [3.05, 3.63) is 76.3 Å². The Balaban J connectivity index is 1.38. The molecule has 2 aromatic heterocycles. The number of nitrogens with zero attached hydrogens (tertiary/aromatic N) is 3. The van der Waals surface area contributed by atoms with E-state index in [1.54, 1.807) is 16.7 Å². The standard InChI is InChI=1S/C22H24N4O2/c1-16-6-5-11-26-20(27)14-19(23-21(16)26)15-25-12-9-17(10-13-25)22(28)24-18-7-3-2-4-8-18/h2-8,11,14,17H,9-10,12-13,15H2,1H3,(H,24,28). The Kier molecular flexibility index (Phi) is 5.21. The van der Waals surface area contributed by atoms with Crippen molar-refractivity contribution in [2.45, 2.75) is 26.3 Å². The predicted molar refractivity (Wildman–Crippen MR) is 109 cm³/mol. The first-order valence-corrected chi connectivity index (χ1v) is 9.66. The number of aromatic nitrogens is 2. The highest BCUT2D eigenvalue weighted by molar-refractivity contribution is 5.92. The molecule has 6 heteroatoms. The van der Waals surface area contributed by atoms with Crippen molar-refractivity contribution >= 4 is 17.2 Å². The van der Waals surface area contributed by atoms with Crippen molar-refractivity contribution in [3.63, 3.8) is 0 Å². The summed E-state index contributed by atoms with van der Waals surface area (Å²) < 4.78 is 1.58. The van der Waals surface area contributed by atoms with E-state index in [1.165, 1.54) is 0 Å². The number of nitrogens with one attached hydrogen (secondary N) is 1. The maximum Gasteiger partial charge on any atom is 0.258 e. The maximum absolute atomic E-state index is 12.5. The Bertz CT molecular complexity index is 1040. The van der Waals surface area contributed by atoms with Gasteiger partial charge in [0.05, 0.1) is 5.69 Å². The highest BCUT2D eigenvalue weighted by atomic mass is 16.2. The van der Waals surface area contributed by atoms with E-state index in [0.29, 0.717) is 12.2 Å². The van der Waals surface area contributed by atoms with Gasteiger partial charge in [-0.25, -0.2) is 4.98 Å². The van der Waals surface area contributed by atoms with Crippen LogP contribution in [0.2, 0.25) is 0 Å². The maximum atomic E-state index is 12.5. The minimum atomic E-state index is -0.0548. The Morgan fingerprint density at radius 1 is 1.14 bits per heavy atom. The van der Waals surface area contributed by atoms with E-state index in [0.717, 1.165) is 42.9 Å². The van der Waals surface area contributed by atoms with E-state index in [9.17, 15) is 9.59 Å². The SMILES string of the molecule is Cc1cccn2c(=O)cc(CN3CCC(C(=O)Nc4ccccc4)CC3)nc12. The molecule has 1 fully saturated rings. The number of hydrogen-bond donors (Lipinski definition) is 1. The van der Waals surface area contributed by atoms with Gasteiger partial charge in [-0.1, -0.05) is 24.3 Å². The van der Waals surface area contributed by atoms with E-state index < -0.39 is 0 Å². The summed E-state index contributed by atoms with van der Waals surface area (Å²) in [7, 11) is 0. The lowest BCUT2D eigenvalue weighted by Gasteiger charge is -2.31. The zero-order valence-electron chi connectivity index (χ0n) is 16.0. The van der Waals surface area contributed by atoms with E-state index in [4.69, 9.17) is 0 Å². The first-order chi connectivity index (χ1) is 13.6. The molecule has 1 aliphatic rings. The summed E-state index contributed by atoms with van der Waals surface area (Å²) in [6.07, 6.45) is 3.37. The van der Waals surface area contributed by atoms with Crippen molar-refractivity contribution in [2.24, 2.45) is 5.92 Å². The lowest BCUT2D eigenvalue weighted by Crippen LogP contribution is -2.38. The van der Waals surface area contributed by atoms with E-state index in [1.807, 2.05) is 49.4 Å². The number of piperidine rings is 1.